The third-order valence-electron chi connectivity index (χ3n) is 2.13. The molecule has 0 saturated heterocycles. The molecular weight excluding hydrogens is 224 g/mol. The Hall–Kier alpha value is -0.0900. The number of unbranched alkanes of at least 4 members (excludes halogenated alkanes) is 2. The number of rotatable bonds is 7. The van der Waals surface area contributed by atoms with E-state index in [4.69, 9.17) is 12.2 Å². The highest BCUT2D eigenvalue weighted by atomic mass is 32.2. The highest BCUT2D eigenvalue weighted by Gasteiger charge is 1.99. The summed E-state index contributed by atoms with van der Waals surface area (Å²) in [4.78, 5) is 0. The van der Waals surface area contributed by atoms with Crippen LogP contribution in [0.5, 0.6) is 0 Å². The molecule has 0 aliphatic rings. The fourth-order valence-electron chi connectivity index (χ4n) is 1.17. The summed E-state index contributed by atoms with van der Waals surface area (Å²) in [6.45, 7) is 4.41. The lowest BCUT2D eigenvalue weighted by Crippen LogP contribution is -2.14. The van der Waals surface area contributed by atoms with Gasteiger partial charge >= 0.3 is 0 Å². The number of thioether (sulfide) groups is 1. The van der Waals surface area contributed by atoms with E-state index in [0.717, 1.165) is 17.2 Å². The first-order valence-corrected chi connectivity index (χ1v) is 7.27. The SMILES string of the molecule is CCCCC(CCCC)=NNC(=S)SC. The van der Waals surface area contributed by atoms with Gasteiger partial charge in [0.25, 0.3) is 0 Å². The number of hydrazone groups is 1. The van der Waals surface area contributed by atoms with Crippen LogP contribution >= 0.6 is 24.0 Å². The van der Waals surface area contributed by atoms with Crippen molar-refractivity contribution in [1.82, 2.24) is 5.43 Å². The molecule has 0 aromatic carbocycles. The summed E-state index contributed by atoms with van der Waals surface area (Å²) in [7, 11) is 0. The van der Waals surface area contributed by atoms with Gasteiger partial charge in [0, 0.05) is 5.71 Å². The predicted octanol–water partition coefficient (Wildman–Crippen LogP) is 3.96. The Morgan fingerprint density at radius 1 is 1.20 bits per heavy atom. The van der Waals surface area contributed by atoms with Crippen molar-refractivity contribution >= 4 is 34.0 Å². The van der Waals surface area contributed by atoms with Crippen molar-refractivity contribution in [3.63, 3.8) is 0 Å². The topological polar surface area (TPSA) is 24.4 Å². The maximum atomic E-state index is 5.04. The second kappa shape index (κ2) is 10.4. The molecule has 0 bridgehead atoms. The first-order valence-electron chi connectivity index (χ1n) is 5.64. The van der Waals surface area contributed by atoms with Crippen molar-refractivity contribution in [2.75, 3.05) is 6.26 Å². The molecule has 0 radical (unpaired) electrons. The van der Waals surface area contributed by atoms with Crippen LogP contribution < -0.4 is 5.43 Å². The van der Waals surface area contributed by atoms with E-state index >= 15 is 0 Å². The van der Waals surface area contributed by atoms with Crippen molar-refractivity contribution in [3.05, 3.63) is 0 Å². The average Bonchev–Trinajstić information content (AvgIpc) is 2.27. The van der Waals surface area contributed by atoms with E-state index in [1.165, 1.54) is 43.2 Å². The van der Waals surface area contributed by atoms with Gasteiger partial charge in [-0.25, -0.2) is 0 Å². The molecule has 4 heteroatoms. The van der Waals surface area contributed by atoms with E-state index in [0.29, 0.717) is 0 Å². The molecule has 15 heavy (non-hydrogen) atoms. The normalized spacial score (nSPS) is 9.80. The lowest BCUT2D eigenvalue weighted by molar-refractivity contribution is 0.777. The van der Waals surface area contributed by atoms with Crippen molar-refractivity contribution in [3.8, 4) is 0 Å². The average molecular weight is 246 g/mol. The molecule has 0 saturated carbocycles. The Balaban J connectivity index is 4.01. The number of thiocarbonyl (C=S) groups is 1. The van der Waals surface area contributed by atoms with Gasteiger partial charge in [0.05, 0.1) is 0 Å². The van der Waals surface area contributed by atoms with Crippen LogP contribution in [0.4, 0.5) is 0 Å². The summed E-state index contributed by atoms with van der Waals surface area (Å²) in [6.07, 6.45) is 9.03. The molecule has 0 fully saturated rings. The Kier molecular flexibility index (Phi) is 10.4. The van der Waals surface area contributed by atoms with E-state index < -0.39 is 0 Å². The van der Waals surface area contributed by atoms with Crippen LogP contribution in [0.2, 0.25) is 0 Å². The van der Waals surface area contributed by atoms with Crippen molar-refractivity contribution in [2.24, 2.45) is 5.10 Å². The fourth-order valence-corrected chi connectivity index (χ4v) is 1.35. The molecule has 0 aromatic rings. The maximum absolute atomic E-state index is 5.04. The molecule has 0 spiro atoms. The van der Waals surface area contributed by atoms with E-state index in [1.54, 1.807) is 0 Å². The van der Waals surface area contributed by atoms with Crippen molar-refractivity contribution < 1.29 is 0 Å². The van der Waals surface area contributed by atoms with E-state index in [1.807, 2.05) is 6.26 Å². The predicted molar refractivity (Wildman–Crippen MR) is 75.7 cm³/mol. The number of hydrogen-bond donors (Lipinski definition) is 1. The Morgan fingerprint density at radius 3 is 2.13 bits per heavy atom. The smallest absolute Gasteiger partial charge is 0.153 e. The van der Waals surface area contributed by atoms with Gasteiger partial charge in [-0.2, -0.15) is 5.10 Å². The molecule has 0 heterocycles. The van der Waals surface area contributed by atoms with Gasteiger partial charge in [-0.1, -0.05) is 50.7 Å². The maximum Gasteiger partial charge on any atom is 0.153 e. The number of hydrogen-bond acceptors (Lipinski definition) is 3. The molecule has 0 unspecified atom stereocenters. The van der Waals surface area contributed by atoms with Gasteiger partial charge < -0.3 is 0 Å². The Labute approximate surface area is 103 Å². The summed E-state index contributed by atoms with van der Waals surface area (Å²) in [5.74, 6) is 0. The van der Waals surface area contributed by atoms with Crippen LogP contribution in [0.25, 0.3) is 0 Å². The minimum atomic E-state index is 0.750. The lowest BCUT2D eigenvalue weighted by atomic mass is 10.1. The first kappa shape index (κ1) is 14.9. The molecule has 0 rings (SSSR count). The summed E-state index contributed by atoms with van der Waals surface area (Å²) in [5, 5.41) is 4.37. The summed E-state index contributed by atoms with van der Waals surface area (Å²) < 4.78 is 0.750. The minimum Gasteiger partial charge on any atom is -0.262 e. The van der Waals surface area contributed by atoms with Crippen molar-refractivity contribution in [1.29, 1.82) is 0 Å². The molecular formula is C11H22N2S2. The molecule has 0 aliphatic heterocycles. The lowest BCUT2D eigenvalue weighted by Gasteiger charge is -2.06. The molecule has 1 N–H and O–H groups in total. The van der Waals surface area contributed by atoms with E-state index in [9.17, 15) is 0 Å². The minimum absolute atomic E-state index is 0.750. The van der Waals surface area contributed by atoms with Crippen LogP contribution in [0, 0.1) is 0 Å². The standard InChI is InChI=1S/C11H22N2S2/c1-4-6-8-10(9-7-5-2)12-13-11(14)15-3/h4-9H2,1-3H3,(H,13,14). The third-order valence-corrected chi connectivity index (χ3v) is 3.18. The second-order valence-electron chi connectivity index (χ2n) is 3.49. The zero-order valence-corrected chi connectivity index (χ0v) is 11.6. The van der Waals surface area contributed by atoms with Gasteiger partial charge in [-0.3, -0.25) is 5.43 Å². The Bertz CT molecular complexity index is 193. The summed E-state index contributed by atoms with van der Waals surface area (Å²) >= 11 is 6.57. The zero-order chi connectivity index (χ0) is 11.5. The van der Waals surface area contributed by atoms with Crippen LogP contribution in [-0.2, 0) is 0 Å². The Morgan fingerprint density at radius 2 is 1.73 bits per heavy atom. The van der Waals surface area contributed by atoms with Gasteiger partial charge in [0.2, 0.25) is 0 Å². The van der Waals surface area contributed by atoms with Crippen LogP contribution in [0.1, 0.15) is 52.4 Å². The summed E-state index contributed by atoms with van der Waals surface area (Å²) in [6, 6.07) is 0. The van der Waals surface area contributed by atoms with Gasteiger partial charge in [0.1, 0.15) is 0 Å². The number of nitrogens with zero attached hydrogens (tertiary/aromatic N) is 1. The second-order valence-corrected chi connectivity index (χ2v) is 4.97. The van der Waals surface area contributed by atoms with Crippen LogP contribution in [0.3, 0.4) is 0 Å². The molecule has 0 amide bonds. The molecule has 0 aromatic heterocycles. The third kappa shape index (κ3) is 8.88. The molecule has 88 valence electrons. The zero-order valence-electron chi connectivity index (χ0n) is 10.0. The van der Waals surface area contributed by atoms with Crippen molar-refractivity contribution in [2.45, 2.75) is 52.4 Å². The highest BCUT2D eigenvalue weighted by molar-refractivity contribution is 8.22. The molecule has 2 nitrogen and oxygen atoms in total. The summed E-state index contributed by atoms with van der Waals surface area (Å²) in [5.41, 5.74) is 4.19. The fraction of sp³-hybridized carbons (Fsp3) is 0.818. The van der Waals surface area contributed by atoms with Crippen LogP contribution in [-0.4, -0.2) is 16.3 Å². The van der Waals surface area contributed by atoms with Crippen LogP contribution in [0.15, 0.2) is 5.10 Å². The highest BCUT2D eigenvalue weighted by Crippen LogP contribution is 2.05. The van der Waals surface area contributed by atoms with E-state index in [-0.39, 0.29) is 0 Å². The van der Waals surface area contributed by atoms with Gasteiger partial charge in [-0.15, -0.1) is 0 Å². The molecule has 0 aliphatic carbocycles. The van der Waals surface area contributed by atoms with Gasteiger partial charge in [-0.05, 0) is 31.9 Å². The quantitative estimate of drug-likeness (QED) is 0.418. The van der Waals surface area contributed by atoms with Gasteiger partial charge in [0.15, 0.2) is 4.32 Å². The number of nitrogens with one attached hydrogen (secondary N) is 1. The first-order chi connectivity index (χ1) is 7.24. The monoisotopic (exact) mass is 246 g/mol. The largest absolute Gasteiger partial charge is 0.262 e. The molecule has 0 atom stereocenters. The van der Waals surface area contributed by atoms with E-state index in [2.05, 4.69) is 24.4 Å².